The third kappa shape index (κ3) is 8.02. The van der Waals surface area contributed by atoms with Crippen LogP contribution in [0.1, 0.15) is 45.3 Å². The van der Waals surface area contributed by atoms with E-state index < -0.39 is 0 Å². The van der Waals surface area contributed by atoms with E-state index in [-0.39, 0.29) is 0 Å². The van der Waals surface area contributed by atoms with Crippen LogP contribution in [0.2, 0.25) is 0 Å². The van der Waals surface area contributed by atoms with Crippen molar-refractivity contribution in [1.82, 2.24) is 47.4 Å². The van der Waals surface area contributed by atoms with Gasteiger partial charge in [-0.1, -0.05) is 36.1 Å². The number of pyridine rings is 2. The van der Waals surface area contributed by atoms with Crippen molar-refractivity contribution in [1.29, 1.82) is 0 Å². The Morgan fingerprint density at radius 1 is 0.355 bits per heavy atom. The monoisotopic (exact) mass is 1120 g/mol. The van der Waals surface area contributed by atoms with Crippen LogP contribution in [0.25, 0.3) is 130 Å². The van der Waals surface area contributed by atoms with Crippen LogP contribution in [0.3, 0.4) is 0 Å². The van der Waals surface area contributed by atoms with Crippen LogP contribution in [0.4, 0.5) is 0 Å². The first kappa shape index (κ1) is 45.3. The molecule has 13 aromatic rings. The van der Waals surface area contributed by atoms with Gasteiger partial charge in [-0.15, -0.1) is 68.0 Å². The van der Waals surface area contributed by atoms with Gasteiger partial charge in [0, 0.05) is 84.7 Å². The van der Waals surface area contributed by atoms with E-state index in [1.807, 2.05) is 24.5 Å². The summed E-state index contributed by atoms with van der Waals surface area (Å²) in [4.78, 5) is 37.3. The maximum absolute atomic E-state index is 5.39. The largest absolute Gasteiger partial charge is 0.354 e. The Morgan fingerprint density at radius 3 is 1.18 bits per heavy atom. The molecule has 0 fully saturated rings. The number of rotatable bonds is 6. The maximum atomic E-state index is 5.39. The van der Waals surface area contributed by atoms with Gasteiger partial charge in [0.2, 0.25) is 0 Å². The molecular formula is C58H28N10S8. The summed E-state index contributed by atoms with van der Waals surface area (Å²) in [5.74, 6) is 13.9. The molecule has 0 radical (unpaired) electrons. The molecule has 358 valence electrons. The topological polar surface area (TPSA) is 135 Å². The van der Waals surface area contributed by atoms with Crippen molar-refractivity contribution in [2.45, 2.75) is 0 Å². The molecule has 76 heavy (non-hydrogen) atoms. The predicted molar refractivity (Wildman–Crippen MR) is 321 cm³/mol. The predicted octanol–water partition coefficient (Wildman–Crippen LogP) is 16.6. The van der Waals surface area contributed by atoms with Crippen molar-refractivity contribution >= 4 is 160 Å². The van der Waals surface area contributed by atoms with Crippen molar-refractivity contribution < 1.29 is 0 Å². The van der Waals surface area contributed by atoms with Crippen LogP contribution in [0.5, 0.6) is 0 Å². The van der Waals surface area contributed by atoms with Crippen molar-refractivity contribution in [2.75, 3.05) is 0 Å². The lowest BCUT2D eigenvalue weighted by Gasteiger charge is -2.02. The van der Waals surface area contributed by atoms with Crippen LogP contribution in [-0.2, 0) is 0 Å². The molecule has 0 atom stereocenters. The fourth-order valence-electron chi connectivity index (χ4n) is 9.23. The van der Waals surface area contributed by atoms with E-state index in [1.165, 1.54) is 43.0 Å². The maximum Gasteiger partial charge on any atom is 0.142 e. The minimum Gasteiger partial charge on any atom is -0.354 e. The molecular weight excluding hydrogens is 1090 g/mol. The van der Waals surface area contributed by atoms with Gasteiger partial charge in [-0.05, 0) is 130 Å². The Kier molecular flexibility index (Phi) is 11.3. The summed E-state index contributed by atoms with van der Waals surface area (Å²) in [6, 6.07) is 33.7. The highest BCUT2D eigenvalue weighted by Crippen LogP contribution is 2.42. The van der Waals surface area contributed by atoms with Crippen molar-refractivity contribution in [3.63, 3.8) is 0 Å². The number of H-pyrrole nitrogens is 2. The molecule has 2 aliphatic rings. The second-order valence-corrected chi connectivity index (χ2v) is 24.2. The molecule has 0 spiro atoms. The minimum absolute atomic E-state index is 0.544. The molecule has 0 amide bonds. The van der Waals surface area contributed by atoms with Crippen LogP contribution in [0, 0.1) is 23.7 Å². The van der Waals surface area contributed by atoms with Crippen molar-refractivity contribution in [2.24, 2.45) is 0 Å². The average Bonchev–Trinajstić information content (AvgIpc) is 4.30. The third-order valence-electron chi connectivity index (χ3n) is 12.8. The number of thiophene rings is 6. The van der Waals surface area contributed by atoms with Gasteiger partial charge in [0.25, 0.3) is 0 Å². The summed E-state index contributed by atoms with van der Waals surface area (Å²) in [7, 11) is 0. The van der Waals surface area contributed by atoms with E-state index in [2.05, 4.69) is 164 Å². The van der Waals surface area contributed by atoms with Gasteiger partial charge < -0.3 is 9.97 Å². The zero-order valence-electron chi connectivity index (χ0n) is 38.9. The fraction of sp³-hybridized carbons (Fsp3) is 0. The molecule has 10 nitrogen and oxygen atoms in total. The Labute approximate surface area is 464 Å². The lowest BCUT2D eigenvalue weighted by atomic mass is 10.1. The molecule has 2 aliphatic heterocycles. The first-order valence-corrected chi connectivity index (χ1v) is 30.0. The van der Waals surface area contributed by atoms with Crippen LogP contribution in [-0.4, -0.2) is 47.4 Å². The summed E-state index contributed by atoms with van der Waals surface area (Å²) in [5.41, 5.74) is 15.5. The normalized spacial score (nSPS) is 11.9. The van der Waals surface area contributed by atoms with E-state index in [0.29, 0.717) is 44.9 Å². The lowest BCUT2D eigenvalue weighted by molar-refractivity contribution is 1.30. The van der Waals surface area contributed by atoms with Crippen LogP contribution < -0.4 is 0 Å². The molecule has 15 rings (SSSR count). The SMILES string of the molecule is C(#Cc1ncc(-c2ccc(-c3cccs3)s2)c2nsnc12)c1c2nc(c(-c3cccs3)c3ccc([nH]3)c(C#Cc3ncc(-c4ccc(-c5cccs5)s4)c4nsnc34)c3nc(c(-c4cccs4)c4ccc1[nH]4)C=C3)C=C2. The smallest absolute Gasteiger partial charge is 0.142 e. The molecule has 0 saturated carbocycles. The van der Waals surface area contributed by atoms with Gasteiger partial charge in [0.05, 0.1) is 68.4 Å². The highest BCUT2D eigenvalue weighted by atomic mass is 32.1. The quantitative estimate of drug-likeness (QED) is 0.157. The van der Waals surface area contributed by atoms with E-state index in [1.54, 1.807) is 68.0 Å². The molecule has 18 heteroatoms. The fourth-order valence-corrected chi connectivity index (χ4v) is 15.6. The van der Waals surface area contributed by atoms with E-state index in [0.717, 1.165) is 86.3 Å². The molecule has 0 aromatic carbocycles. The molecule has 0 unspecified atom stereocenters. The van der Waals surface area contributed by atoms with Gasteiger partial charge in [0.1, 0.15) is 33.5 Å². The minimum atomic E-state index is 0.544. The first-order valence-electron chi connectivity index (χ1n) is 23.4. The van der Waals surface area contributed by atoms with Crippen LogP contribution >= 0.6 is 91.5 Å². The standard InChI is InChI=1S/C58H28N10S8/c1-5-47(69-25-1)49-23-21-45(73-49)33-29-59-43(57-55(33)65-75-67-57)11-9-31-35-13-17-39(61-35)53(51-7-3-27-71-51)41-19-15-37(63-41)32(38-16-20-42(64-38)54(52-8-4-28-72-52)40-18-14-36(31)62-40)10-12-44-58-56(66-76-68-58)34(30-60-44)46-22-24-50(74-46)48-6-2-26-70-48/h1-8,13-30,61,64H. The van der Waals surface area contributed by atoms with Crippen LogP contribution in [0.15, 0.2) is 131 Å². The summed E-state index contributed by atoms with van der Waals surface area (Å²) in [6.07, 6.45) is 12.0. The first-order chi connectivity index (χ1) is 37.6. The van der Waals surface area contributed by atoms with Gasteiger partial charge in [-0.3, -0.25) is 0 Å². The lowest BCUT2D eigenvalue weighted by Crippen LogP contribution is -1.90. The summed E-state index contributed by atoms with van der Waals surface area (Å²) < 4.78 is 19.0. The van der Waals surface area contributed by atoms with E-state index >= 15 is 0 Å². The number of nitrogens with one attached hydrogen (secondary N) is 2. The Balaban J connectivity index is 0.912. The second kappa shape index (κ2) is 18.9. The zero-order chi connectivity index (χ0) is 50.1. The van der Waals surface area contributed by atoms with E-state index in [9.17, 15) is 0 Å². The average molecular weight is 1120 g/mol. The van der Waals surface area contributed by atoms with Crippen molar-refractivity contribution in [3.05, 3.63) is 176 Å². The molecule has 0 aliphatic carbocycles. The molecule has 2 N–H and O–H groups in total. The van der Waals surface area contributed by atoms with Gasteiger partial charge in [0.15, 0.2) is 0 Å². The molecule has 15 heterocycles. The van der Waals surface area contributed by atoms with Gasteiger partial charge in [-0.2, -0.15) is 17.5 Å². The number of hydrogen-bond donors (Lipinski definition) is 2. The Morgan fingerprint density at radius 2 is 0.750 bits per heavy atom. The van der Waals surface area contributed by atoms with Gasteiger partial charge in [-0.25, -0.2) is 19.9 Å². The van der Waals surface area contributed by atoms with Gasteiger partial charge >= 0.3 is 0 Å². The molecule has 13 aromatic heterocycles. The number of fused-ring (bicyclic) bond motifs is 10. The zero-order valence-corrected chi connectivity index (χ0v) is 45.4. The molecule has 0 saturated heterocycles. The highest BCUT2D eigenvalue weighted by Gasteiger charge is 2.21. The summed E-state index contributed by atoms with van der Waals surface area (Å²) in [5, 5.41) is 8.36. The van der Waals surface area contributed by atoms with E-state index in [4.69, 9.17) is 37.4 Å². The Bertz CT molecular complexity index is 4480. The summed E-state index contributed by atoms with van der Waals surface area (Å²) in [6.45, 7) is 0. The number of nitrogens with zero attached hydrogens (tertiary/aromatic N) is 8. The van der Waals surface area contributed by atoms with Crippen molar-refractivity contribution in [3.8, 4) is 85.0 Å². The molecule has 8 bridgehead atoms. The Hall–Kier alpha value is -8.14. The number of aromatic amines is 2. The summed E-state index contributed by atoms with van der Waals surface area (Å²) >= 11 is 12.5. The second-order valence-electron chi connectivity index (χ2n) is 17.2. The third-order valence-corrected chi connectivity index (χ3v) is 20.0. The number of aromatic nitrogens is 10. The highest BCUT2D eigenvalue weighted by molar-refractivity contribution is 7.24. The number of hydrogen-bond acceptors (Lipinski definition) is 16.